The Labute approximate surface area is 346 Å². The highest BCUT2D eigenvalue weighted by Gasteiger charge is 2.22. The Bertz CT molecular complexity index is 3530. The van der Waals surface area contributed by atoms with E-state index in [2.05, 4.69) is 203 Å². The van der Waals surface area contributed by atoms with Gasteiger partial charge in [-0.2, -0.15) is 0 Å². The molecule has 9 aromatic carbocycles. The number of hydrogen-bond acceptors (Lipinski definition) is 2. The van der Waals surface area contributed by atoms with Crippen molar-refractivity contribution in [3.63, 3.8) is 0 Å². The zero-order valence-corrected chi connectivity index (χ0v) is 32.6. The Morgan fingerprint density at radius 3 is 1.48 bits per heavy atom. The van der Waals surface area contributed by atoms with Crippen LogP contribution in [0.2, 0.25) is 0 Å². The minimum atomic E-state index is 0.700. The van der Waals surface area contributed by atoms with Gasteiger partial charge in [-0.05, 0) is 76.5 Å². The minimum Gasteiger partial charge on any atom is -0.309 e. The van der Waals surface area contributed by atoms with Crippen LogP contribution in [0.1, 0.15) is 0 Å². The van der Waals surface area contributed by atoms with Crippen molar-refractivity contribution >= 4 is 54.4 Å². The summed E-state index contributed by atoms with van der Waals surface area (Å²) in [5.41, 5.74) is 14.1. The lowest BCUT2D eigenvalue weighted by molar-refractivity contribution is 1.17. The number of aromatic nitrogens is 4. The lowest BCUT2D eigenvalue weighted by Crippen LogP contribution is -1.99. The standard InChI is InChI=1S/C56H36N4/c1-4-17-37(18-5-1)40-24-16-25-42(33-40)59-50-29-14-12-27-45(50)54-52(59)31-32-53-55(54)46-28-13-15-30-51(46)60(53)43-34-41-23-10-11-26-44(41)47(35-43)49-36-48(38-19-6-2-7-20-38)57-56(58-49)39-21-8-3-9-22-39/h1-36H. The van der Waals surface area contributed by atoms with Gasteiger partial charge in [-0.25, -0.2) is 9.97 Å². The first-order valence-electron chi connectivity index (χ1n) is 20.4. The summed E-state index contributed by atoms with van der Waals surface area (Å²) in [6.45, 7) is 0. The molecular weight excluding hydrogens is 729 g/mol. The third-order valence-corrected chi connectivity index (χ3v) is 11.9. The van der Waals surface area contributed by atoms with Crippen molar-refractivity contribution in [2.24, 2.45) is 0 Å². The number of fused-ring (bicyclic) bond motifs is 8. The molecule has 12 rings (SSSR count). The van der Waals surface area contributed by atoms with Gasteiger partial charge in [-0.3, -0.25) is 0 Å². The Kier molecular flexibility index (Phi) is 7.82. The number of rotatable bonds is 6. The van der Waals surface area contributed by atoms with Crippen LogP contribution >= 0.6 is 0 Å². The second-order valence-corrected chi connectivity index (χ2v) is 15.4. The van der Waals surface area contributed by atoms with E-state index in [-0.39, 0.29) is 0 Å². The zero-order valence-electron chi connectivity index (χ0n) is 32.6. The predicted octanol–water partition coefficient (Wildman–Crippen LogP) is 14.5. The predicted molar refractivity (Wildman–Crippen MR) is 250 cm³/mol. The highest BCUT2D eigenvalue weighted by atomic mass is 15.0. The molecule has 0 atom stereocenters. The first-order valence-corrected chi connectivity index (χ1v) is 20.4. The number of hydrogen-bond donors (Lipinski definition) is 0. The molecule has 0 N–H and O–H groups in total. The number of para-hydroxylation sites is 2. The van der Waals surface area contributed by atoms with Crippen LogP contribution in [0.25, 0.3) is 111 Å². The van der Waals surface area contributed by atoms with Gasteiger partial charge in [-0.15, -0.1) is 0 Å². The molecule has 0 saturated carbocycles. The van der Waals surface area contributed by atoms with Gasteiger partial charge in [0.15, 0.2) is 5.82 Å². The van der Waals surface area contributed by atoms with E-state index < -0.39 is 0 Å². The van der Waals surface area contributed by atoms with Gasteiger partial charge in [0.05, 0.1) is 33.5 Å². The van der Waals surface area contributed by atoms with Crippen molar-refractivity contribution in [3.8, 4) is 56.4 Å². The quantitative estimate of drug-likeness (QED) is 0.169. The molecule has 0 amide bonds. The average Bonchev–Trinajstić information content (AvgIpc) is 3.85. The van der Waals surface area contributed by atoms with Gasteiger partial charge >= 0.3 is 0 Å². The molecule has 0 spiro atoms. The minimum absolute atomic E-state index is 0.700. The third-order valence-electron chi connectivity index (χ3n) is 11.9. The van der Waals surface area contributed by atoms with Gasteiger partial charge < -0.3 is 9.13 Å². The van der Waals surface area contributed by atoms with Crippen molar-refractivity contribution in [1.82, 2.24) is 19.1 Å². The van der Waals surface area contributed by atoms with Crippen LogP contribution in [0.4, 0.5) is 0 Å². The monoisotopic (exact) mass is 764 g/mol. The fourth-order valence-corrected chi connectivity index (χ4v) is 9.22. The summed E-state index contributed by atoms with van der Waals surface area (Å²) < 4.78 is 4.88. The second-order valence-electron chi connectivity index (χ2n) is 15.4. The molecule has 0 radical (unpaired) electrons. The molecule has 0 bridgehead atoms. The molecular formula is C56H36N4. The van der Waals surface area contributed by atoms with Crippen LogP contribution in [-0.4, -0.2) is 19.1 Å². The van der Waals surface area contributed by atoms with Crippen LogP contribution in [0.3, 0.4) is 0 Å². The van der Waals surface area contributed by atoms with Crippen molar-refractivity contribution in [1.29, 1.82) is 0 Å². The van der Waals surface area contributed by atoms with Crippen LogP contribution in [0, 0.1) is 0 Å². The highest BCUT2D eigenvalue weighted by molar-refractivity contribution is 6.29. The highest BCUT2D eigenvalue weighted by Crippen LogP contribution is 2.44. The maximum absolute atomic E-state index is 5.31. The molecule has 0 aliphatic heterocycles. The summed E-state index contributed by atoms with van der Waals surface area (Å²) in [7, 11) is 0. The summed E-state index contributed by atoms with van der Waals surface area (Å²) in [5, 5.41) is 7.23. The molecule has 4 nitrogen and oxygen atoms in total. The fourth-order valence-electron chi connectivity index (χ4n) is 9.22. The topological polar surface area (TPSA) is 35.6 Å². The van der Waals surface area contributed by atoms with E-state index in [1.54, 1.807) is 0 Å². The van der Waals surface area contributed by atoms with E-state index in [0.29, 0.717) is 5.82 Å². The van der Waals surface area contributed by atoms with E-state index >= 15 is 0 Å². The van der Waals surface area contributed by atoms with Gasteiger partial charge in [-0.1, -0.05) is 164 Å². The lowest BCUT2D eigenvalue weighted by atomic mass is 9.99. The van der Waals surface area contributed by atoms with Gasteiger partial charge in [0, 0.05) is 49.6 Å². The lowest BCUT2D eigenvalue weighted by Gasteiger charge is -2.15. The Morgan fingerprint density at radius 2 is 0.817 bits per heavy atom. The molecule has 0 fully saturated rings. The van der Waals surface area contributed by atoms with Crippen molar-refractivity contribution in [2.75, 3.05) is 0 Å². The van der Waals surface area contributed by atoms with E-state index in [4.69, 9.17) is 9.97 Å². The molecule has 3 heterocycles. The van der Waals surface area contributed by atoms with Crippen LogP contribution in [0.15, 0.2) is 218 Å². The van der Waals surface area contributed by atoms with Gasteiger partial charge in [0.2, 0.25) is 0 Å². The maximum Gasteiger partial charge on any atom is 0.160 e. The zero-order chi connectivity index (χ0) is 39.6. The maximum atomic E-state index is 5.31. The number of nitrogens with zero attached hydrogens (tertiary/aromatic N) is 4. The van der Waals surface area contributed by atoms with E-state index in [1.807, 2.05) is 24.3 Å². The van der Waals surface area contributed by atoms with E-state index in [1.165, 1.54) is 43.7 Å². The molecule has 60 heavy (non-hydrogen) atoms. The third kappa shape index (κ3) is 5.46. The smallest absolute Gasteiger partial charge is 0.160 e. The summed E-state index contributed by atoms with van der Waals surface area (Å²) in [6, 6.07) is 78.0. The molecule has 280 valence electrons. The van der Waals surface area contributed by atoms with Crippen LogP contribution < -0.4 is 0 Å². The fraction of sp³-hybridized carbons (Fsp3) is 0. The van der Waals surface area contributed by atoms with Crippen LogP contribution in [0.5, 0.6) is 0 Å². The van der Waals surface area contributed by atoms with Gasteiger partial charge in [0.25, 0.3) is 0 Å². The summed E-state index contributed by atoms with van der Waals surface area (Å²) in [5.74, 6) is 0.700. The first kappa shape index (κ1) is 34.0. The van der Waals surface area contributed by atoms with Crippen molar-refractivity contribution < 1.29 is 0 Å². The van der Waals surface area contributed by atoms with Gasteiger partial charge in [0.1, 0.15) is 0 Å². The molecule has 0 saturated heterocycles. The molecule has 3 aromatic heterocycles. The Hall–Kier alpha value is -8.08. The van der Waals surface area contributed by atoms with E-state index in [9.17, 15) is 0 Å². The second kappa shape index (κ2) is 13.8. The normalized spacial score (nSPS) is 11.7. The summed E-state index contributed by atoms with van der Waals surface area (Å²) in [6.07, 6.45) is 0. The van der Waals surface area contributed by atoms with Crippen LogP contribution in [-0.2, 0) is 0 Å². The van der Waals surface area contributed by atoms with E-state index in [0.717, 1.165) is 61.3 Å². The average molecular weight is 765 g/mol. The molecule has 12 aromatic rings. The summed E-state index contributed by atoms with van der Waals surface area (Å²) in [4.78, 5) is 10.4. The Balaban J connectivity index is 1.13. The Morgan fingerprint density at radius 1 is 0.300 bits per heavy atom. The molecule has 4 heteroatoms. The summed E-state index contributed by atoms with van der Waals surface area (Å²) >= 11 is 0. The number of benzene rings is 9. The molecule has 0 aliphatic carbocycles. The SMILES string of the molecule is c1ccc(-c2cccc(-n3c4ccccc4c4c5c6ccccc6n(-c6cc(-c7cc(-c8ccccc8)nc(-c8ccccc8)n7)c7ccccc7c6)c5ccc43)c2)cc1. The largest absolute Gasteiger partial charge is 0.309 e. The van der Waals surface area contributed by atoms with Crippen molar-refractivity contribution in [3.05, 3.63) is 218 Å². The molecule has 0 unspecified atom stereocenters. The molecule has 0 aliphatic rings. The van der Waals surface area contributed by atoms with Crippen molar-refractivity contribution in [2.45, 2.75) is 0 Å². The first-order chi connectivity index (χ1) is 29.8.